The number of hydrogen-bond acceptors (Lipinski definition) is 6. The van der Waals surface area contributed by atoms with Gasteiger partial charge in [-0.3, -0.25) is 0 Å². The Balaban J connectivity index is 3.02. The first-order valence-electron chi connectivity index (χ1n) is 4.22. The number of aliphatic hydroxyl groups excluding tert-OH is 3. The summed E-state index contributed by atoms with van der Waals surface area (Å²) < 4.78 is 0. The molecule has 0 aliphatic rings. The molecule has 0 saturated heterocycles. The maximum atomic E-state index is 9.50. The van der Waals surface area contributed by atoms with E-state index in [0.717, 1.165) is 0 Å². The van der Waals surface area contributed by atoms with Crippen molar-refractivity contribution in [1.82, 2.24) is 4.98 Å². The third kappa shape index (κ3) is 2.41. The molecule has 0 amide bonds. The zero-order chi connectivity index (χ0) is 11.4. The Morgan fingerprint density at radius 1 is 1.53 bits per heavy atom. The topological polar surface area (TPSA) is 123 Å². The molecule has 5 N–H and O–H groups in total. The lowest BCUT2D eigenvalue weighted by Crippen LogP contribution is -2.22. The lowest BCUT2D eigenvalue weighted by molar-refractivity contribution is -0.0154. The van der Waals surface area contributed by atoms with Crippen LogP contribution in [0.5, 0.6) is 0 Å². The van der Waals surface area contributed by atoms with Crippen molar-refractivity contribution in [3.63, 3.8) is 0 Å². The lowest BCUT2D eigenvalue weighted by atomic mass is 10.1. The Morgan fingerprint density at radius 3 is 2.73 bits per heavy atom. The van der Waals surface area contributed by atoms with Crippen LogP contribution in [-0.4, -0.2) is 33.0 Å². The van der Waals surface area contributed by atoms with Gasteiger partial charge in [0.2, 0.25) is 0 Å². The number of nitrogens with two attached hydrogens (primary N) is 1. The predicted molar refractivity (Wildman–Crippen MR) is 51.4 cm³/mol. The van der Waals surface area contributed by atoms with Gasteiger partial charge in [0.05, 0.1) is 12.2 Å². The molecule has 1 heterocycles. The first-order chi connectivity index (χ1) is 7.10. The molecule has 2 atom stereocenters. The van der Waals surface area contributed by atoms with Gasteiger partial charge in [-0.1, -0.05) is 0 Å². The van der Waals surface area contributed by atoms with Crippen molar-refractivity contribution in [1.29, 1.82) is 5.26 Å². The van der Waals surface area contributed by atoms with Crippen molar-refractivity contribution in [3.8, 4) is 6.07 Å². The van der Waals surface area contributed by atoms with Gasteiger partial charge in [-0.15, -0.1) is 0 Å². The maximum absolute atomic E-state index is 9.50. The largest absolute Gasteiger partial charge is 0.394 e. The van der Waals surface area contributed by atoms with Crippen LogP contribution >= 0.6 is 0 Å². The Labute approximate surface area is 86.2 Å². The Kier molecular flexibility index (Phi) is 3.57. The lowest BCUT2D eigenvalue weighted by Gasteiger charge is -2.15. The van der Waals surface area contributed by atoms with Crippen molar-refractivity contribution >= 4 is 5.82 Å². The number of anilines is 1. The highest BCUT2D eigenvalue weighted by Gasteiger charge is 2.18. The maximum Gasteiger partial charge on any atom is 0.141 e. The SMILES string of the molecule is N#Cc1cc(C(O)C(O)CO)cnc1N. The molecular weight excluding hydrogens is 198 g/mol. The molecule has 0 aromatic carbocycles. The van der Waals surface area contributed by atoms with E-state index < -0.39 is 18.8 Å². The van der Waals surface area contributed by atoms with Gasteiger partial charge in [0.25, 0.3) is 0 Å². The van der Waals surface area contributed by atoms with Crippen LogP contribution in [0.15, 0.2) is 12.3 Å². The second kappa shape index (κ2) is 4.70. The highest BCUT2D eigenvalue weighted by molar-refractivity contribution is 5.49. The zero-order valence-electron chi connectivity index (χ0n) is 7.83. The molecule has 15 heavy (non-hydrogen) atoms. The van der Waals surface area contributed by atoms with Gasteiger partial charge in [-0.25, -0.2) is 4.98 Å². The number of aliphatic hydroxyl groups is 3. The second-order valence-corrected chi connectivity index (χ2v) is 3.01. The standard InChI is InChI=1S/C9H11N3O3/c10-2-5-1-6(3-12-9(5)11)8(15)7(14)4-13/h1,3,7-8,13-15H,4H2,(H2,11,12). The van der Waals surface area contributed by atoms with E-state index in [2.05, 4.69) is 4.98 Å². The minimum absolute atomic E-state index is 0.0620. The molecule has 0 fully saturated rings. The van der Waals surface area contributed by atoms with E-state index in [9.17, 15) is 10.2 Å². The van der Waals surface area contributed by atoms with Crippen LogP contribution in [0.4, 0.5) is 5.82 Å². The van der Waals surface area contributed by atoms with E-state index in [1.165, 1.54) is 12.3 Å². The normalized spacial score (nSPS) is 14.3. The minimum atomic E-state index is -1.30. The van der Waals surface area contributed by atoms with Crippen LogP contribution in [-0.2, 0) is 0 Å². The fourth-order valence-electron chi connectivity index (χ4n) is 1.06. The summed E-state index contributed by atoms with van der Waals surface area (Å²) in [5, 5.41) is 36.0. The van der Waals surface area contributed by atoms with E-state index in [-0.39, 0.29) is 16.9 Å². The Morgan fingerprint density at radius 2 is 2.20 bits per heavy atom. The summed E-state index contributed by atoms with van der Waals surface area (Å²) >= 11 is 0. The van der Waals surface area contributed by atoms with Gasteiger partial charge in [0, 0.05) is 11.8 Å². The summed E-state index contributed by atoms with van der Waals surface area (Å²) in [5.41, 5.74) is 5.74. The molecule has 0 saturated carbocycles. The average molecular weight is 209 g/mol. The minimum Gasteiger partial charge on any atom is -0.394 e. The molecule has 6 heteroatoms. The molecule has 80 valence electrons. The first-order valence-corrected chi connectivity index (χ1v) is 4.22. The zero-order valence-corrected chi connectivity index (χ0v) is 7.83. The summed E-state index contributed by atoms with van der Waals surface area (Å²) in [6.45, 7) is -0.576. The Hall–Kier alpha value is -1.68. The highest BCUT2D eigenvalue weighted by Crippen LogP contribution is 2.19. The molecule has 1 aromatic rings. The summed E-state index contributed by atoms with van der Waals surface area (Å²) in [5.74, 6) is 0.0620. The fourth-order valence-corrected chi connectivity index (χ4v) is 1.06. The van der Waals surface area contributed by atoms with Crippen LogP contribution in [0.3, 0.4) is 0 Å². The number of pyridine rings is 1. The van der Waals surface area contributed by atoms with E-state index in [4.69, 9.17) is 16.1 Å². The van der Waals surface area contributed by atoms with Gasteiger partial charge in [0.1, 0.15) is 24.1 Å². The average Bonchev–Trinajstić information content (AvgIpc) is 2.27. The Bertz CT molecular complexity index is 389. The van der Waals surface area contributed by atoms with Crippen molar-refractivity contribution in [3.05, 3.63) is 23.4 Å². The third-order valence-electron chi connectivity index (χ3n) is 1.95. The molecule has 6 nitrogen and oxygen atoms in total. The third-order valence-corrected chi connectivity index (χ3v) is 1.95. The second-order valence-electron chi connectivity index (χ2n) is 3.01. The molecule has 0 bridgehead atoms. The van der Waals surface area contributed by atoms with Gasteiger partial charge < -0.3 is 21.1 Å². The van der Waals surface area contributed by atoms with Crippen molar-refractivity contribution in [2.24, 2.45) is 0 Å². The van der Waals surface area contributed by atoms with Crippen molar-refractivity contribution < 1.29 is 15.3 Å². The number of nitriles is 1. The molecular formula is C9H11N3O3. The van der Waals surface area contributed by atoms with Gasteiger partial charge >= 0.3 is 0 Å². The van der Waals surface area contributed by atoms with Crippen LogP contribution in [0.1, 0.15) is 17.2 Å². The van der Waals surface area contributed by atoms with E-state index in [1.54, 1.807) is 6.07 Å². The van der Waals surface area contributed by atoms with Gasteiger partial charge in [-0.05, 0) is 6.07 Å². The monoisotopic (exact) mass is 209 g/mol. The van der Waals surface area contributed by atoms with E-state index >= 15 is 0 Å². The molecule has 0 spiro atoms. The predicted octanol–water partition coefficient (Wildman–Crippen LogP) is -1.08. The molecule has 0 aliphatic carbocycles. The van der Waals surface area contributed by atoms with Gasteiger partial charge in [-0.2, -0.15) is 5.26 Å². The highest BCUT2D eigenvalue weighted by atomic mass is 16.4. The van der Waals surface area contributed by atoms with Crippen molar-refractivity contribution in [2.75, 3.05) is 12.3 Å². The number of nitrogen functional groups attached to an aromatic ring is 1. The quantitative estimate of drug-likeness (QED) is 0.502. The first kappa shape index (κ1) is 11.4. The summed E-state index contributed by atoms with van der Waals surface area (Å²) in [4.78, 5) is 3.69. The van der Waals surface area contributed by atoms with E-state index in [1.807, 2.05) is 0 Å². The summed E-state index contributed by atoms with van der Waals surface area (Å²) in [6, 6.07) is 3.13. The molecule has 0 aliphatic heterocycles. The number of aromatic nitrogens is 1. The molecule has 2 unspecified atom stereocenters. The smallest absolute Gasteiger partial charge is 0.141 e. The van der Waals surface area contributed by atoms with Crippen LogP contribution in [0, 0.1) is 11.3 Å². The molecule has 0 radical (unpaired) electrons. The van der Waals surface area contributed by atoms with Gasteiger partial charge in [0.15, 0.2) is 0 Å². The number of nitrogens with zero attached hydrogens (tertiary/aromatic N) is 2. The summed E-state index contributed by atoms with van der Waals surface area (Å²) in [6.07, 6.45) is -1.34. The van der Waals surface area contributed by atoms with Crippen molar-refractivity contribution in [2.45, 2.75) is 12.2 Å². The number of hydrogen-bond donors (Lipinski definition) is 4. The molecule has 1 rings (SSSR count). The van der Waals surface area contributed by atoms with Crippen LogP contribution in [0.25, 0.3) is 0 Å². The van der Waals surface area contributed by atoms with E-state index in [0.29, 0.717) is 0 Å². The number of rotatable bonds is 3. The van der Waals surface area contributed by atoms with Crippen LogP contribution < -0.4 is 5.73 Å². The fraction of sp³-hybridized carbons (Fsp3) is 0.333. The molecule has 1 aromatic heterocycles. The van der Waals surface area contributed by atoms with Crippen LogP contribution in [0.2, 0.25) is 0 Å². The summed E-state index contributed by atoms with van der Waals surface area (Å²) in [7, 11) is 0.